The number of benzene rings is 3. The summed E-state index contributed by atoms with van der Waals surface area (Å²) in [5, 5.41) is 5.18. The Morgan fingerprint density at radius 3 is 2.40 bits per heavy atom. The van der Waals surface area contributed by atoms with Crippen molar-refractivity contribution in [2.24, 2.45) is 0 Å². The first-order chi connectivity index (χ1) is 14.7. The SMILES string of the molecule is COC(=O)c1ccccc1NC(=O)CCCCCCOc1ccc2ccccc2c1. The molecule has 0 aliphatic rings. The molecule has 156 valence electrons. The predicted molar refractivity (Wildman–Crippen MR) is 119 cm³/mol. The molecule has 1 N–H and O–H groups in total. The maximum atomic E-state index is 12.2. The largest absolute Gasteiger partial charge is 0.494 e. The smallest absolute Gasteiger partial charge is 0.339 e. The Hall–Kier alpha value is -3.34. The molecule has 3 aromatic rings. The number of methoxy groups -OCH3 is 1. The Bertz CT molecular complexity index is 999. The van der Waals surface area contributed by atoms with Crippen LogP contribution in [0.4, 0.5) is 5.69 Å². The lowest BCUT2D eigenvalue weighted by molar-refractivity contribution is -0.116. The third-order valence-electron chi connectivity index (χ3n) is 4.89. The van der Waals surface area contributed by atoms with E-state index in [0.29, 0.717) is 24.3 Å². The molecule has 3 aromatic carbocycles. The van der Waals surface area contributed by atoms with E-state index in [9.17, 15) is 9.59 Å². The number of para-hydroxylation sites is 1. The van der Waals surface area contributed by atoms with Gasteiger partial charge in [-0.2, -0.15) is 0 Å². The standard InChI is InChI=1S/C25H27NO4/c1-29-25(28)22-12-7-8-13-23(22)26-24(27)14-4-2-3-9-17-30-21-16-15-19-10-5-6-11-20(19)18-21/h5-8,10-13,15-16,18H,2-4,9,14,17H2,1H3,(H,26,27). The number of ether oxygens (including phenoxy) is 2. The molecule has 5 nitrogen and oxygen atoms in total. The maximum Gasteiger partial charge on any atom is 0.339 e. The molecule has 0 aromatic heterocycles. The highest BCUT2D eigenvalue weighted by atomic mass is 16.5. The van der Waals surface area contributed by atoms with Gasteiger partial charge in [0.2, 0.25) is 5.91 Å². The van der Waals surface area contributed by atoms with Crippen LogP contribution in [0.5, 0.6) is 5.75 Å². The fourth-order valence-electron chi connectivity index (χ4n) is 3.28. The fraction of sp³-hybridized carbons (Fsp3) is 0.280. The van der Waals surface area contributed by atoms with Gasteiger partial charge in [0.25, 0.3) is 0 Å². The molecule has 3 rings (SSSR count). The monoisotopic (exact) mass is 405 g/mol. The molecule has 0 spiro atoms. The van der Waals surface area contributed by atoms with E-state index in [1.807, 2.05) is 18.2 Å². The molecule has 0 fully saturated rings. The third-order valence-corrected chi connectivity index (χ3v) is 4.89. The minimum Gasteiger partial charge on any atom is -0.494 e. The van der Waals surface area contributed by atoms with E-state index in [1.165, 1.54) is 17.9 Å². The molecule has 1 amide bonds. The number of unbranched alkanes of at least 4 members (excludes halogenated alkanes) is 3. The summed E-state index contributed by atoms with van der Waals surface area (Å²) in [5.74, 6) is 0.327. The molecule has 0 saturated heterocycles. The van der Waals surface area contributed by atoms with Crippen LogP contribution in [0.2, 0.25) is 0 Å². The number of fused-ring (bicyclic) bond motifs is 1. The molecule has 0 unspecified atom stereocenters. The van der Waals surface area contributed by atoms with Crippen LogP contribution in [0.25, 0.3) is 10.8 Å². The first kappa shape index (κ1) is 21.4. The summed E-state index contributed by atoms with van der Waals surface area (Å²) in [6.07, 6.45) is 4.11. The molecular formula is C25H27NO4. The number of rotatable bonds is 10. The third kappa shape index (κ3) is 6.08. The molecule has 0 saturated carbocycles. The number of anilines is 1. The number of nitrogens with one attached hydrogen (secondary N) is 1. The zero-order chi connectivity index (χ0) is 21.2. The number of hydrogen-bond donors (Lipinski definition) is 1. The number of carbonyl (C=O) groups excluding carboxylic acids is 2. The van der Waals surface area contributed by atoms with Crippen molar-refractivity contribution >= 4 is 28.3 Å². The summed E-state index contributed by atoms with van der Waals surface area (Å²) < 4.78 is 10.6. The van der Waals surface area contributed by atoms with E-state index in [1.54, 1.807) is 24.3 Å². The van der Waals surface area contributed by atoms with Crippen molar-refractivity contribution in [3.8, 4) is 5.75 Å². The van der Waals surface area contributed by atoms with Crippen LogP contribution >= 0.6 is 0 Å². The highest BCUT2D eigenvalue weighted by Gasteiger charge is 2.12. The fourth-order valence-corrected chi connectivity index (χ4v) is 3.28. The van der Waals surface area contributed by atoms with Gasteiger partial charge in [-0.3, -0.25) is 4.79 Å². The van der Waals surface area contributed by atoms with Crippen molar-refractivity contribution < 1.29 is 19.1 Å². The second-order valence-corrected chi connectivity index (χ2v) is 7.11. The average molecular weight is 405 g/mol. The molecule has 0 radical (unpaired) electrons. The second-order valence-electron chi connectivity index (χ2n) is 7.11. The van der Waals surface area contributed by atoms with Gasteiger partial charge in [-0.1, -0.05) is 55.3 Å². The Labute approximate surface area is 177 Å². The maximum absolute atomic E-state index is 12.2. The van der Waals surface area contributed by atoms with Gasteiger partial charge in [0.1, 0.15) is 5.75 Å². The van der Waals surface area contributed by atoms with Gasteiger partial charge < -0.3 is 14.8 Å². The van der Waals surface area contributed by atoms with Crippen LogP contribution < -0.4 is 10.1 Å². The van der Waals surface area contributed by atoms with Crippen LogP contribution in [-0.2, 0) is 9.53 Å². The van der Waals surface area contributed by atoms with Gasteiger partial charge in [-0.25, -0.2) is 4.79 Å². The van der Waals surface area contributed by atoms with E-state index >= 15 is 0 Å². The minimum absolute atomic E-state index is 0.0984. The number of amides is 1. The van der Waals surface area contributed by atoms with Crippen LogP contribution in [0.1, 0.15) is 42.5 Å². The van der Waals surface area contributed by atoms with E-state index in [-0.39, 0.29) is 5.91 Å². The van der Waals surface area contributed by atoms with Gasteiger partial charge >= 0.3 is 5.97 Å². The van der Waals surface area contributed by atoms with Crippen molar-refractivity contribution in [1.29, 1.82) is 0 Å². The average Bonchev–Trinajstić information content (AvgIpc) is 2.78. The molecule has 0 atom stereocenters. The van der Waals surface area contributed by atoms with Gasteiger partial charge in [0.05, 0.1) is 25.0 Å². The van der Waals surface area contributed by atoms with Gasteiger partial charge in [-0.05, 0) is 47.9 Å². The zero-order valence-corrected chi connectivity index (χ0v) is 17.2. The normalized spacial score (nSPS) is 10.6. The van der Waals surface area contributed by atoms with Crippen molar-refractivity contribution in [2.45, 2.75) is 32.1 Å². The Kier molecular flexibility index (Phi) is 7.84. The number of hydrogen-bond acceptors (Lipinski definition) is 4. The first-order valence-electron chi connectivity index (χ1n) is 10.3. The molecule has 0 aliphatic carbocycles. The lowest BCUT2D eigenvalue weighted by Gasteiger charge is -2.10. The van der Waals surface area contributed by atoms with E-state index in [0.717, 1.165) is 31.4 Å². The number of esters is 1. The predicted octanol–water partition coefficient (Wildman–Crippen LogP) is 5.59. The van der Waals surface area contributed by atoms with Crippen LogP contribution in [0.3, 0.4) is 0 Å². The van der Waals surface area contributed by atoms with Crippen molar-refractivity contribution in [2.75, 3.05) is 19.0 Å². The highest BCUT2D eigenvalue weighted by molar-refractivity contribution is 6.01. The number of carbonyl (C=O) groups is 2. The summed E-state index contributed by atoms with van der Waals surface area (Å²) >= 11 is 0. The summed E-state index contributed by atoms with van der Waals surface area (Å²) in [4.78, 5) is 23.9. The summed E-state index contributed by atoms with van der Waals surface area (Å²) in [6, 6.07) is 21.2. The van der Waals surface area contributed by atoms with Gasteiger partial charge in [0, 0.05) is 6.42 Å². The van der Waals surface area contributed by atoms with Gasteiger partial charge in [0.15, 0.2) is 0 Å². The highest BCUT2D eigenvalue weighted by Crippen LogP contribution is 2.21. The van der Waals surface area contributed by atoms with Crippen molar-refractivity contribution in [1.82, 2.24) is 0 Å². The summed E-state index contributed by atoms with van der Waals surface area (Å²) in [7, 11) is 1.32. The molecule has 0 heterocycles. The Morgan fingerprint density at radius 1 is 0.833 bits per heavy atom. The molecule has 5 heteroatoms. The van der Waals surface area contributed by atoms with Crippen molar-refractivity contribution in [3.63, 3.8) is 0 Å². The summed E-state index contributed by atoms with van der Waals surface area (Å²) in [5.41, 5.74) is 0.845. The second kappa shape index (κ2) is 11.0. The lowest BCUT2D eigenvalue weighted by atomic mass is 10.1. The zero-order valence-electron chi connectivity index (χ0n) is 17.2. The van der Waals surface area contributed by atoms with Crippen LogP contribution in [0, 0.1) is 0 Å². The summed E-state index contributed by atoms with van der Waals surface area (Å²) in [6.45, 7) is 0.664. The lowest BCUT2D eigenvalue weighted by Crippen LogP contribution is -2.14. The molecule has 30 heavy (non-hydrogen) atoms. The molecular weight excluding hydrogens is 378 g/mol. The van der Waals surface area contributed by atoms with Crippen molar-refractivity contribution in [3.05, 3.63) is 72.3 Å². The Balaban J connectivity index is 1.32. The quantitative estimate of drug-likeness (QED) is 0.352. The van der Waals surface area contributed by atoms with Crippen LogP contribution in [0.15, 0.2) is 66.7 Å². The van der Waals surface area contributed by atoms with Crippen LogP contribution in [-0.4, -0.2) is 25.6 Å². The van der Waals surface area contributed by atoms with E-state index in [2.05, 4.69) is 29.6 Å². The van der Waals surface area contributed by atoms with E-state index < -0.39 is 5.97 Å². The van der Waals surface area contributed by atoms with E-state index in [4.69, 9.17) is 9.47 Å². The Morgan fingerprint density at radius 2 is 1.57 bits per heavy atom. The first-order valence-corrected chi connectivity index (χ1v) is 10.3. The minimum atomic E-state index is -0.461. The molecule has 0 bridgehead atoms. The topological polar surface area (TPSA) is 64.6 Å². The van der Waals surface area contributed by atoms with Gasteiger partial charge in [-0.15, -0.1) is 0 Å². The molecule has 0 aliphatic heterocycles.